The van der Waals surface area contributed by atoms with Crippen molar-refractivity contribution >= 4 is 6.04 Å². The lowest BCUT2D eigenvalue weighted by molar-refractivity contribution is -0.129. The summed E-state index contributed by atoms with van der Waals surface area (Å²) in [5, 5.41) is 8.54. The van der Waals surface area contributed by atoms with Gasteiger partial charge in [-0.3, -0.25) is 9.69 Å². The Morgan fingerprint density at radius 3 is 2.59 bits per heavy atom. The van der Waals surface area contributed by atoms with Crippen LogP contribution in [-0.2, 0) is 11.3 Å². The van der Waals surface area contributed by atoms with Gasteiger partial charge in [-0.25, -0.2) is 0 Å². The summed E-state index contributed by atoms with van der Waals surface area (Å²) in [7, 11) is 0. The number of nitriles is 1. The first-order valence-electron chi connectivity index (χ1n) is 5.54. The molecule has 0 aliphatic rings. The molecule has 0 aromatic heterocycles. The molecular weight excluding hydrogens is 219 g/mol. The van der Waals surface area contributed by atoms with E-state index in [4.69, 9.17) is 5.26 Å². The Balaban J connectivity index is 2.51. The Hall–Kier alpha value is -1.73. The molecule has 0 saturated heterocycles. The number of benzene rings is 1. The van der Waals surface area contributed by atoms with Crippen molar-refractivity contribution in [2.45, 2.75) is 19.4 Å². The highest BCUT2D eigenvalue weighted by Crippen LogP contribution is 2.06. The molecule has 0 fully saturated rings. The molecule has 0 saturated carbocycles. The highest BCUT2D eigenvalue weighted by Gasteiger charge is 2.08. The lowest BCUT2D eigenvalue weighted by Crippen LogP contribution is -2.26. The predicted molar refractivity (Wildman–Crippen MR) is 62.7 cm³/mol. The monoisotopic (exact) mass is 234 g/mol. The first-order chi connectivity index (χ1) is 8.22. The number of carbonyl (C=O) groups excluding carboxylic acids is 1. The van der Waals surface area contributed by atoms with Crippen LogP contribution in [0.5, 0.6) is 0 Å². The summed E-state index contributed by atoms with van der Waals surface area (Å²) in [5.41, 5.74) is 1.09. The first-order valence-corrected chi connectivity index (χ1v) is 5.54. The number of halogens is 1. The van der Waals surface area contributed by atoms with Gasteiger partial charge in [0, 0.05) is 26.1 Å². The van der Waals surface area contributed by atoms with Gasteiger partial charge in [0.1, 0.15) is 0 Å². The van der Waals surface area contributed by atoms with Gasteiger partial charge in [0.05, 0.1) is 12.5 Å². The van der Waals surface area contributed by atoms with E-state index >= 15 is 0 Å². The third-order valence-corrected chi connectivity index (χ3v) is 2.41. The fourth-order valence-corrected chi connectivity index (χ4v) is 1.57. The second-order valence-electron chi connectivity index (χ2n) is 3.77. The van der Waals surface area contributed by atoms with Crippen molar-refractivity contribution in [3.63, 3.8) is 0 Å². The highest BCUT2D eigenvalue weighted by molar-refractivity contribution is 5.67. The van der Waals surface area contributed by atoms with Crippen molar-refractivity contribution in [3.05, 3.63) is 35.9 Å². The van der Waals surface area contributed by atoms with Crippen LogP contribution < -0.4 is 0 Å². The molecule has 0 aliphatic carbocycles. The van der Waals surface area contributed by atoms with Gasteiger partial charge in [0.25, 0.3) is 0 Å². The maximum absolute atomic E-state index is 12.2. The van der Waals surface area contributed by atoms with Crippen LogP contribution in [0, 0.1) is 11.3 Å². The van der Waals surface area contributed by atoms with Crippen LogP contribution in [0.4, 0.5) is 4.39 Å². The molecule has 1 rings (SSSR count). The third-order valence-electron chi connectivity index (χ3n) is 2.41. The zero-order valence-electron chi connectivity index (χ0n) is 9.60. The van der Waals surface area contributed by atoms with Crippen molar-refractivity contribution in [1.29, 1.82) is 5.26 Å². The number of carbonyl (C=O) groups is 1. The van der Waals surface area contributed by atoms with E-state index < -0.39 is 6.04 Å². The summed E-state index contributed by atoms with van der Waals surface area (Å²) in [6.07, 6.45) is 0.269. The van der Waals surface area contributed by atoms with E-state index in [1.165, 1.54) is 0 Å². The molecule has 0 N–H and O–H groups in total. The largest absolute Gasteiger partial charge is 0.302 e. The van der Waals surface area contributed by atoms with Gasteiger partial charge in [-0.15, -0.1) is 0 Å². The average molecular weight is 234 g/mol. The van der Waals surface area contributed by atoms with E-state index in [-0.39, 0.29) is 6.42 Å². The first kappa shape index (κ1) is 13.3. The molecule has 4 heteroatoms. The molecule has 0 radical (unpaired) electrons. The van der Waals surface area contributed by atoms with E-state index in [1.54, 1.807) is 0 Å². The van der Waals surface area contributed by atoms with Crippen LogP contribution in [0.2, 0.25) is 0 Å². The normalized spacial score (nSPS) is 10.2. The molecule has 0 heterocycles. The summed E-state index contributed by atoms with van der Waals surface area (Å²) in [5.74, 6) is 0. The Labute approximate surface area is 100 Å². The fourth-order valence-electron chi connectivity index (χ4n) is 1.57. The summed E-state index contributed by atoms with van der Waals surface area (Å²) in [6, 6.07) is 10.5. The molecular formula is C13H15FN2O. The van der Waals surface area contributed by atoms with Crippen molar-refractivity contribution in [2.75, 3.05) is 13.1 Å². The Bertz CT molecular complexity index is 386. The molecule has 0 bridgehead atoms. The van der Waals surface area contributed by atoms with Crippen molar-refractivity contribution in [3.8, 4) is 6.07 Å². The van der Waals surface area contributed by atoms with Crippen LogP contribution in [0.3, 0.4) is 0 Å². The predicted octanol–water partition coefficient (Wildman–Crippen LogP) is 2.29. The van der Waals surface area contributed by atoms with Gasteiger partial charge in [-0.05, 0) is 5.56 Å². The summed E-state index contributed by atoms with van der Waals surface area (Å²) in [6.45, 7) is 1.54. The van der Waals surface area contributed by atoms with E-state index in [0.29, 0.717) is 26.1 Å². The second kappa shape index (κ2) is 7.53. The Morgan fingerprint density at radius 1 is 1.29 bits per heavy atom. The maximum Gasteiger partial charge on any atom is 0.302 e. The molecule has 1 aromatic rings. The van der Waals surface area contributed by atoms with Gasteiger partial charge >= 0.3 is 6.04 Å². The van der Waals surface area contributed by atoms with Gasteiger partial charge in [-0.1, -0.05) is 30.3 Å². The standard InChI is InChI=1S/C13H15FN2O/c14-13(17)7-10-16(9-4-8-15)11-12-5-2-1-3-6-12/h1-3,5-6H,4,7,9-11H2. The molecule has 90 valence electrons. The van der Waals surface area contributed by atoms with Crippen molar-refractivity contribution in [1.82, 2.24) is 4.90 Å². The van der Waals surface area contributed by atoms with Crippen LogP contribution >= 0.6 is 0 Å². The average Bonchev–Trinajstić information content (AvgIpc) is 2.34. The summed E-state index contributed by atoms with van der Waals surface area (Å²) < 4.78 is 12.2. The lowest BCUT2D eigenvalue weighted by Gasteiger charge is -2.20. The van der Waals surface area contributed by atoms with Crippen molar-refractivity contribution in [2.24, 2.45) is 0 Å². The van der Waals surface area contributed by atoms with Crippen LogP contribution in [-0.4, -0.2) is 24.0 Å². The molecule has 0 unspecified atom stereocenters. The van der Waals surface area contributed by atoms with Gasteiger partial charge in [-0.2, -0.15) is 9.65 Å². The lowest BCUT2D eigenvalue weighted by atomic mass is 10.2. The minimum atomic E-state index is -1.31. The quantitative estimate of drug-likeness (QED) is 0.680. The highest BCUT2D eigenvalue weighted by atomic mass is 19.1. The Kier molecular flexibility index (Phi) is 5.91. The topological polar surface area (TPSA) is 44.1 Å². The van der Waals surface area contributed by atoms with E-state index in [0.717, 1.165) is 5.56 Å². The number of hydrogen-bond donors (Lipinski definition) is 0. The molecule has 0 atom stereocenters. The second-order valence-corrected chi connectivity index (χ2v) is 3.77. The zero-order valence-corrected chi connectivity index (χ0v) is 9.60. The SMILES string of the molecule is N#CCCN(CCC(=O)F)Cc1ccccc1. The zero-order chi connectivity index (χ0) is 12.5. The Morgan fingerprint density at radius 2 is 2.00 bits per heavy atom. The minimum absolute atomic E-state index is 0.113. The smallest absolute Gasteiger partial charge is 0.298 e. The fraction of sp³-hybridized carbons (Fsp3) is 0.385. The van der Waals surface area contributed by atoms with Crippen LogP contribution in [0.15, 0.2) is 30.3 Å². The molecule has 0 aliphatic heterocycles. The molecule has 3 nitrogen and oxygen atoms in total. The number of hydrogen-bond acceptors (Lipinski definition) is 3. The minimum Gasteiger partial charge on any atom is -0.298 e. The van der Waals surface area contributed by atoms with Crippen molar-refractivity contribution < 1.29 is 9.18 Å². The van der Waals surface area contributed by atoms with Gasteiger partial charge < -0.3 is 0 Å². The summed E-state index contributed by atoms with van der Waals surface area (Å²) in [4.78, 5) is 12.2. The molecule has 17 heavy (non-hydrogen) atoms. The van der Waals surface area contributed by atoms with Gasteiger partial charge in [0.2, 0.25) is 0 Å². The molecule has 0 spiro atoms. The number of rotatable bonds is 7. The number of nitrogens with zero attached hydrogens (tertiary/aromatic N) is 2. The van der Waals surface area contributed by atoms with Gasteiger partial charge in [0.15, 0.2) is 0 Å². The van der Waals surface area contributed by atoms with Crippen LogP contribution in [0.1, 0.15) is 18.4 Å². The van der Waals surface area contributed by atoms with E-state index in [2.05, 4.69) is 6.07 Å². The maximum atomic E-state index is 12.2. The summed E-state index contributed by atoms with van der Waals surface area (Å²) >= 11 is 0. The van der Waals surface area contributed by atoms with Crippen LogP contribution in [0.25, 0.3) is 0 Å². The van der Waals surface area contributed by atoms with E-state index in [9.17, 15) is 9.18 Å². The molecule has 1 aromatic carbocycles. The van der Waals surface area contributed by atoms with E-state index in [1.807, 2.05) is 35.2 Å². The molecule has 0 amide bonds. The third kappa shape index (κ3) is 5.79.